The van der Waals surface area contributed by atoms with Crippen molar-refractivity contribution in [2.24, 2.45) is 5.92 Å². The quantitative estimate of drug-likeness (QED) is 0.799. The number of aryl methyl sites for hydroxylation is 2. The van der Waals surface area contributed by atoms with Gasteiger partial charge in [-0.2, -0.15) is 0 Å². The third kappa shape index (κ3) is 3.72. The van der Waals surface area contributed by atoms with Gasteiger partial charge in [-0.3, -0.25) is 4.90 Å². The van der Waals surface area contributed by atoms with E-state index in [0.717, 1.165) is 19.4 Å². The molecule has 0 spiro atoms. The standard InChI is InChI=1S/C20H30N2O2S/c1-14-11-18(25-15(14)2)12-22(17-5-3-4-6-17)20(23)24-19-13-21-9-7-16(19)8-10-21/h11,16-17,19H,3-10,12-13H2,1-2H3/t19-/m0/s1. The maximum Gasteiger partial charge on any atom is 0.410 e. The van der Waals surface area contributed by atoms with E-state index in [1.165, 1.54) is 54.1 Å². The van der Waals surface area contributed by atoms with Crippen LogP contribution in [0.1, 0.15) is 53.8 Å². The number of rotatable bonds is 4. The van der Waals surface area contributed by atoms with Gasteiger partial charge >= 0.3 is 6.09 Å². The van der Waals surface area contributed by atoms with Crippen molar-refractivity contribution < 1.29 is 9.53 Å². The molecule has 3 saturated heterocycles. The highest BCUT2D eigenvalue weighted by molar-refractivity contribution is 7.12. The molecule has 5 heteroatoms. The van der Waals surface area contributed by atoms with Crippen LogP contribution in [0.5, 0.6) is 0 Å². The Morgan fingerprint density at radius 1 is 1.24 bits per heavy atom. The van der Waals surface area contributed by atoms with Crippen LogP contribution >= 0.6 is 11.3 Å². The van der Waals surface area contributed by atoms with Gasteiger partial charge in [0.25, 0.3) is 0 Å². The predicted octanol–water partition coefficient (Wildman–Crippen LogP) is 4.34. The topological polar surface area (TPSA) is 32.8 Å². The van der Waals surface area contributed by atoms with Crippen molar-refractivity contribution in [3.05, 3.63) is 21.4 Å². The van der Waals surface area contributed by atoms with E-state index in [2.05, 4.69) is 24.8 Å². The summed E-state index contributed by atoms with van der Waals surface area (Å²) >= 11 is 1.82. The molecule has 3 aliphatic heterocycles. The first-order valence-electron chi connectivity index (χ1n) is 9.85. The largest absolute Gasteiger partial charge is 0.444 e. The van der Waals surface area contributed by atoms with Gasteiger partial charge in [0.1, 0.15) is 6.10 Å². The summed E-state index contributed by atoms with van der Waals surface area (Å²) in [5.41, 5.74) is 1.33. The maximum atomic E-state index is 13.1. The molecule has 2 bridgehead atoms. The fourth-order valence-corrected chi connectivity index (χ4v) is 5.75. The van der Waals surface area contributed by atoms with E-state index < -0.39 is 0 Å². The molecule has 0 radical (unpaired) electrons. The summed E-state index contributed by atoms with van der Waals surface area (Å²) in [4.78, 5) is 20.2. The van der Waals surface area contributed by atoms with Crippen molar-refractivity contribution in [3.63, 3.8) is 0 Å². The van der Waals surface area contributed by atoms with Crippen molar-refractivity contribution in [1.29, 1.82) is 0 Å². The molecule has 1 aliphatic carbocycles. The third-order valence-corrected chi connectivity index (χ3v) is 7.53. The normalized spacial score (nSPS) is 29.1. The number of carbonyl (C=O) groups excluding carboxylic acids is 1. The van der Waals surface area contributed by atoms with E-state index in [-0.39, 0.29) is 12.2 Å². The van der Waals surface area contributed by atoms with Crippen molar-refractivity contribution >= 4 is 17.4 Å². The second-order valence-corrected chi connectivity index (χ2v) is 9.42. The van der Waals surface area contributed by atoms with Crippen LogP contribution in [0.15, 0.2) is 6.07 Å². The summed E-state index contributed by atoms with van der Waals surface area (Å²) < 4.78 is 6.06. The number of hydrogen-bond donors (Lipinski definition) is 0. The Labute approximate surface area is 155 Å². The van der Waals surface area contributed by atoms with Crippen LogP contribution in [-0.2, 0) is 11.3 Å². The van der Waals surface area contributed by atoms with Gasteiger partial charge in [0.05, 0.1) is 6.54 Å². The molecule has 25 heavy (non-hydrogen) atoms. The molecular weight excluding hydrogens is 332 g/mol. The number of thiophene rings is 1. The Kier molecular flexibility index (Phi) is 5.05. The van der Waals surface area contributed by atoms with E-state index in [4.69, 9.17) is 4.74 Å². The Bertz CT molecular complexity index is 596. The van der Waals surface area contributed by atoms with E-state index in [9.17, 15) is 4.79 Å². The van der Waals surface area contributed by atoms with Crippen molar-refractivity contribution in [2.75, 3.05) is 19.6 Å². The SMILES string of the molecule is Cc1cc(CN(C(=O)O[C@H]2CN3CCC2CC3)C2CCCC2)sc1C. The second-order valence-electron chi connectivity index (χ2n) is 8.08. The summed E-state index contributed by atoms with van der Waals surface area (Å²) in [5.74, 6) is 0.575. The van der Waals surface area contributed by atoms with Crippen LogP contribution in [0.4, 0.5) is 4.79 Å². The molecule has 1 amide bonds. The molecule has 4 aliphatic rings. The Hall–Kier alpha value is -1.07. The van der Waals surface area contributed by atoms with E-state index in [0.29, 0.717) is 18.5 Å². The Balaban J connectivity index is 1.46. The molecule has 1 aromatic rings. The molecule has 4 nitrogen and oxygen atoms in total. The zero-order chi connectivity index (χ0) is 17.4. The highest BCUT2D eigenvalue weighted by Gasteiger charge is 2.38. The third-order valence-electron chi connectivity index (χ3n) is 6.39. The van der Waals surface area contributed by atoms with Crippen LogP contribution in [0.25, 0.3) is 0 Å². The van der Waals surface area contributed by atoms with Crippen LogP contribution < -0.4 is 0 Å². The van der Waals surface area contributed by atoms with Gasteiger partial charge in [0.2, 0.25) is 0 Å². The summed E-state index contributed by atoms with van der Waals surface area (Å²) in [6.45, 7) is 8.32. The van der Waals surface area contributed by atoms with Crippen LogP contribution in [0.2, 0.25) is 0 Å². The van der Waals surface area contributed by atoms with Crippen molar-refractivity contribution in [1.82, 2.24) is 9.80 Å². The highest BCUT2D eigenvalue weighted by atomic mass is 32.1. The van der Waals surface area contributed by atoms with Gasteiger partial charge < -0.3 is 9.64 Å². The molecule has 0 unspecified atom stereocenters. The molecule has 4 fully saturated rings. The first-order chi connectivity index (χ1) is 12.1. The molecule has 5 rings (SSSR count). The molecule has 4 heterocycles. The fraction of sp³-hybridized carbons (Fsp3) is 0.750. The Morgan fingerprint density at radius 3 is 2.52 bits per heavy atom. The van der Waals surface area contributed by atoms with Crippen LogP contribution in [-0.4, -0.2) is 47.7 Å². The number of carbonyl (C=O) groups is 1. The molecule has 0 N–H and O–H groups in total. The minimum atomic E-state index is -0.0747. The maximum absolute atomic E-state index is 13.1. The summed E-state index contributed by atoms with van der Waals surface area (Å²) in [5, 5.41) is 0. The van der Waals surface area contributed by atoms with Crippen molar-refractivity contribution in [2.45, 2.75) is 71.1 Å². The van der Waals surface area contributed by atoms with E-state index in [1.807, 2.05) is 16.2 Å². The molecule has 1 atom stereocenters. The highest BCUT2D eigenvalue weighted by Crippen LogP contribution is 2.32. The van der Waals surface area contributed by atoms with Gasteiger partial charge in [-0.1, -0.05) is 12.8 Å². The number of fused-ring (bicyclic) bond motifs is 3. The first kappa shape index (κ1) is 17.3. The van der Waals surface area contributed by atoms with Crippen molar-refractivity contribution in [3.8, 4) is 0 Å². The average Bonchev–Trinajstić information content (AvgIpc) is 3.24. The molecule has 138 valence electrons. The minimum Gasteiger partial charge on any atom is -0.444 e. The fourth-order valence-electron chi connectivity index (χ4n) is 4.70. The van der Waals surface area contributed by atoms with E-state index >= 15 is 0 Å². The molecule has 1 aromatic heterocycles. The minimum absolute atomic E-state index is 0.0747. The zero-order valence-corrected chi connectivity index (χ0v) is 16.3. The number of ether oxygens (including phenoxy) is 1. The summed E-state index contributed by atoms with van der Waals surface area (Å²) in [6.07, 6.45) is 7.11. The van der Waals surface area contributed by atoms with Gasteiger partial charge in [-0.05, 0) is 70.2 Å². The van der Waals surface area contributed by atoms with Crippen LogP contribution in [0.3, 0.4) is 0 Å². The number of amides is 1. The molecule has 0 aromatic carbocycles. The average molecular weight is 363 g/mol. The van der Waals surface area contributed by atoms with Gasteiger partial charge in [0.15, 0.2) is 0 Å². The van der Waals surface area contributed by atoms with Gasteiger partial charge in [0, 0.05) is 22.3 Å². The second kappa shape index (κ2) is 7.28. The van der Waals surface area contributed by atoms with Gasteiger partial charge in [-0.25, -0.2) is 4.79 Å². The molecule has 1 saturated carbocycles. The lowest BCUT2D eigenvalue weighted by Crippen LogP contribution is -2.53. The molecular formula is C20H30N2O2S. The monoisotopic (exact) mass is 362 g/mol. The lowest BCUT2D eigenvalue weighted by molar-refractivity contribution is -0.0474. The number of hydrogen-bond acceptors (Lipinski definition) is 4. The van der Waals surface area contributed by atoms with Gasteiger partial charge in [-0.15, -0.1) is 11.3 Å². The number of nitrogens with zero attached hydrogens (tertiary/aromatic N) is 2. The lowest BCUT2D eigenvalue weighted by atomic mass is 9.86. The predicted molar refractivity (Wildman–Crippen MR) is 101 cm³/mol. The Morgan fingerprint density at radius 2 is 1.96 bits per heavy atom. The van der Waals surface area contributed by atoms with Crippen LogP contribution in [0, 0.1) is 19.8 Å². The first-order valence-corrected chi connectivity index (χ1v) is 10.7. The number of piperidine rings is 3. The summed E-state index contributed by atoms with van der Waals surface area (Å²) in [6, 6.07) is 2.60. The summed E-state index contributed by atoms with van der Waals surface area (Å²) in [7, 11) is 0. The van der Waals surface area contributed by atoms with E-state index in [1.54, 1.807) is 0 Å². The zero-order valence-electron chi connectivity index (χ0n) is 15.5. The smallest absolute Gasteiger partial charge is 0.410 e. The lowest BCUT2D eigenvalue weighted by Gasteiger charge is -2.44.